The van der Waals surface area contributed by atoms with Crippen molar-refractivity contribution in [1.82, 2.24) is 35.1 Å². The van der Waals surface area contributed by atoms with Crippen LogP contribution in [-0.4, -0.2) is 66.0 Å². The number of benzene rings is 1. The normalized spacial score (nSPS) is 19.8. The van der Waals surface area contributed by atoms with Crippen LogP contribution in [-0.2, 0) is 13.2 Å². The number of tetrazole rings is 1. The van der Waals surface area contributed by atoms with Crippen LogP contribution in [0, 0.1) is 12.8 Å². The minimum Gasteiger partial charge on any atom is -0.352 e. The Morgan fingerprint density at radius 2 is 1.92 bits per heavy atom. The first-order valence-electron chi connectivity index (χ1n) is 11.0. The molecule has 1 aromatic carbocycles. The molecule has 0 saturated carbocycles. The molecule has 0 radical (unpaired) electrons. The SMILES string of the molecule is Cc1ccc(-c2nnnn2C)c(C(=O)N2CC(F)(F)C[C@@H](C)C2CNc2ncc(C(F)(F)F)cn2)c1. The third-order valence-corrected chi connectivity index (χ3v) is 6.06. The number of alkyl halides is 5. The summed E-state index contributed by atoms with van der Waals surface area (Å²) in [5.74, 6) is -4.20. The van der Waals surface area contributed by atoms with Crippen molar-refractivity contribution in [3.05, 3.63) is 47.3 Å². The maximum atomic E-state index is 14.6. The largest absolute Gasteiger partial charge is 0.419 e. The molecule has 0 spiro atoms. The van der Waals surface area contributed by atoms with Crippen LogP contribution >= 0.6 is 0 Å². The van der Waals surface area contributed by atoms with E-state index in [2.05, 4.69) is 30.8 Å². The number of nitrogens with zero attached hydrogens (tertiary/aromatic N) is 7. The number of hydrogen-bond acceptors (Lipinski definition) is 7. The molecule has 1 N–H and O–H groups in total. The highest BCUT2D eigenvalue weighted by Gasteiger charge is 2.46. The molecule has 3 aromatic rings. The fourth-order valence-corrected chi connectivity index (χ4v) is 4.28. The van der Waals surface area contributed by atoms with Gasteiger partial charge in [-0.15, -0.1) is 5.10 Å². The van der Waals surface area contributed by atoms with Crippen molar-refractivity contribution >= 4 is 11.9 Å². The Kier molecular flexibility index (Phi) is 6.62. The average molecular weight is 510 g/mol. The van der Waals surface area contributed by atoms with Crippen LogP contribution < -0.4 is 5.32 Å². The summed E-state index contributed by atoms with van der Waals surface area (Å²) in [4.78, 5) is 22.1. The Labute approximate surface area is 202 Å². The van der Waals surface area contributed by atoms with E-state index < -0.39 is 48.5 Å². The summed E-state index contributed by atoms with van der Waals surface area (Å²) in [5.41, 5.74) is 0.272. The predicted octanol–water partition coefficient (Wildman–Crippen LogP) is 3.59. The van der Waals surface area contributed by atoms with E-state index in [4.69, 9.17) is 0 Å². The summed E-state index contributed by atoms with van der Waals surface area (Å²) in [5, 5.41) is 14.1. The van der Waals surface area contributed by atoms with Crippen molar-refractivity contribution < 1.29 is 26.7 Å². The first kappa shape index (κ1) is 25.4. The quantitative estimate of drug-likeness (QED) is 0.524. The highest BCUT2D eigenvalue weighted by molar-refractivity contribution is 6.00. The zero-order valence-electron chi connectivity index (χ0n) is 19.6. The molecule has 2 atom stereocenters. The molecule has 1 aliphatic heterocycles. The number of rotatable bonds is 5. The van der Waals surface area contributed by atoms with E-state index in [1.54, 1.807) is 39.1 Å². The molecule has 1 saturated heterocycles. The molecule has 2 aromatic heterocycles. The van der Waals surface area contributed by atoms with Gasteiger partial charge in [0.25, 0.3) is 11.8 Å². The molecular formula is C22H23F5N8O. The number of hydrogen-bond donors (Lipinski definition) is 1. The number of carbonyl (C=O) groups excluding carboxylic acids is 1. The maximum Gasteiger partial charge on any atom is 0.419 e. The number of carbonyl (C=O) groups is 1. The van der Waals surface area contributed by atoms with Gasteiger partial charge in [-0.25, -0.2) is 23.4 Å². The maximum absolute atomic E-state index is 14.6. The summed E-state index contributed by atoms with van der Waals surface area (Å²) in [6, 6.07) is 4.29. The lowest BCUT2D eigenvalue weighted by molar-refractivity contribution is -0.138. The van der Waals surface area contributed by atoms with Crippen molar-refractivity contribution in [2.24, 2.45) is 13.0 Å². The molecule has 3 heterocycles. The number of halogens is 5. The summed E-state index contributed by atoms with van der Waals surface area (Å²) in [6.45, 7) is 2.50. The van der Waals surface area contributed by atoms with Gasteiger partial charge in [0, 0.05) is 38.0 Å². The highest BCUT2D eigenvalue weighted by Crippen LogP contribution is 2.36. The first-order chi connectivity index (χ1) is 16.9. The lowest BCUT2D eigenvalue weighted by atomic mass is 9.87. The second-order valence-electron chi connectivity index (χ2n) is 8.89. The van der Waals surface area contributed by atoms with Gasteiger partial charge >= 0.3 is 6.18 Å². The van der Waals surface area contributed by atoms with Crippen molar-refractivity contribution in [2.75, 3.05) is 18.4 Å². The van der Waals surface area contributed by atoms with E-state index in [-0.39, 0.29) is 18.1 Å². The second kappa shape index (κ2) is 9.39. The Hall–Kier alpha value is -3.71. The van der Waals surface area contributed by atoms with Gasteiger partial charge in [-0.05, 0) is 29.3 Å². The van der Waals surface area contributed by atoms with Gasteiger partial charge in [0.15, 0.2) is 5.82 Å². The molecule has 0 aliphatic carbocycles. The van der Waals surface area contributed by atoms with Gasteiger partial charge < -0.3 is 10.2 Å². The van der Waals surface area contributed by atoms with Crippen LogP contribution in [0.1, 0.15) is 34.8 Å². The molecule has 192 valence electrons. The Morgan fingerprint density at radius 1 is 1.22 bits per heavy atom. The molecule has 4 rings (SSSR count). The lowest BCUT2D eigenvalue weighted by Gasteiger charge is -2.43. The fourth-order valence-electron chi connectivity index (χ4n) is 4.28. The molecule has 9 nitrogen and oxygen atoms in total. The van der Waals surface area contributed by atoms with Crippen LogP contribution in [0.2, 0.25) is 0 Å². The smallest absolute Gasteiger partial charge is 0.352 e. The van der Waals surface area contributed by atoms with Crippen LogP contribution in [0.25, 0.3) is 11.4 Å². The standard InChI is InChI=1S/C22H23F5N8O/c1-12-4-5-15(18-31-32-33-34(18)3)16(6-12)19(36)35-11-21(23,24)7-13(2)17(35)10-30-20-28-8-14(9-29-20)22(25,26)27/h4-6,8-9,13,17H,7,10-11H2,1-3H3,(H,28,29,30)/t13-,17?/m1/s1. The third kappa shape index (κ3) is 5.26. The molecule has 1 fully saturated rings. The van der Waals surface area contributed by atoms with E-state index >= 15 is 0 Å². The van der Waals surface area contributed by atoms with E-state index in [0.717, 1.165) is 10.5 Å². The van der Waals surface area contributed by atoms with Gasteiger partial charge in [0.2, 0.25) is 5.95 Å². The number of aryl methyl sites for hydroxylation is 2. The van der Waals surface area contributed by atoms with E-state index in [1.165, 1.54) is 4.68 Å². The first-order valence-corrected chi connectivity index (χ1v) is 11.0. The van der Waals surface area contributed by atoms with Gasteiger partial charge in [-0.2, -0.15) is 13.2 Å². The summed E-state index contributed by atoms with van der Waals surface area (Å²) >= 11 is 0. The third-order valence-electron chi connectivity index (χ3n) is 6.06. The Bertz CT molecular complexity index is 1240. The summed E-state index contributed by atoms with van der Waals surface area (Å²) in [7, 11) is 1.59. The fraction of sp³-hybridized carbons (Fsp3) is 0.455. The van der Waals surface area contributed by atoms with Crippen LogP contribution in [0.4, 0.5) is 27.9 Å². The molecule has 1 amide bonds. The minimum absolute atomic E-state index is 0.0407. The van der Waals surface area contributed by atoms with Gasteiger partial charge in [-0.1, -0.05) is 24.6 Å². The van der Waals surface area contributed by atoms with Crippen molar-refractivity contribution in [3.63, 3.8) is 0 Å². The van der Waals surface area contributed by atoms with Gasteiger partial charge in [0.1, 0.15) is 0 Å². The van der Waals surface area contributed by atoms with E-state index in [1.807, 2.05) is 0 Å². The van der Waals surface area contributed by atoms with Crippen LogP contribution in [0.15, 0.2) is 30.6 Å². The molecule has 14 heteroatoms. The Balaban J connectivity index is 1.63. The van der Waals surface area contributed by atoms with Gasteiger partial charge in [-0.3, -0.25) is 4.79 Å². The minimum atomic E-state index is -4.59. The summed E-state index contributed by atoms with van der Waals surface area (Å²) < 4.78 is 68.9. The molecule has 36 heavy (non-hydrogen) atoms. The molecular weight excluding hydrogens is 487 g/mol. The summed E-state index contributed by atoms with van der Waals surface area (Å²) in [6.07, 6.45) is -3.78. The number of amides is 1. The zero-order chi connectivity index (χ0) is 26.3. The average Bonchev–Trinajstić information content (AvgIpc) is 3.22. The molecule has 1 aliphatic rings. The van der Waals surface area contributed by atoms with Crippen molar-refractivity contribution in [2.45, 2.75) is 38.4 Å². The number of piperidine rings is 1. The highest BCUT2D eigenvalue weighted by atomic mass is 19.4. The van der Waals surface area contributed by atoms with E-state index in [0.29, 0.717) is 23.8 Å². The van der Waals surface area contributed by atoms with Crippen LogP contribution in [0.5, 0.6) is 0 Å². The lowest BCUT2D eigenvalue weighted by Crippen LogP contribution is -2.57. The number of anilines is 1. The predicted molar refractivity (Wildman–Crippen MR) is 118 cm³/mol. The van der Waals surface area contributed by atoms with Crippen molar-refractivity contribution in [3.8, 4) is 11.4 Å². The number of aromatic nitrogens is 6. The second-order valence-corrected chi connectivity index (χ2v) is 8.89. The molecule has 0 bridgehead atoms. The van der Waals surface area contributed by atoms with Crippen LogP contribution in [0.3, 0.4) is 0 Å². The van der Waals surface area contributed by atoms with Gasteiger partial charge in [0.05, 0.1) is 23.7 Å². The Morgan fingerprint density at radius 3 is 2.53 bits per heavy atom. The van der Waals surface area contributed by atoms with Crippen molar-refractivity contribution in [1.29, 1.82) is 0 Å². The number of likely N-dealkylation sites (tertiary alicyclic amines) is 1. The monoisotopic (exact) mass is 510 g/mol. The topological polar surface area (TPSA) is 102 Å². The zero-order valence-corrected chi connectivity index (χ0v) is 19.6. The number of nitrogens with one attached hydrogen (secondary N) is 1. The molecule has 1 unspecified atom stereocenters. The van der Waals surface area contributed by atoms with E-state index in [9.17, 15) is 26.7 Å².